The topological polar surface area (TPSA) is 41.0 Å². The van der Waals surface area contributed by atoms with Crippen LogP contribution >= 0.6 is 0 Å². The maximum atomic E-state index is 13.2. The van der Waals surface area contributed by atoms with Crippen LogP contribution in [0.4, 0.5) is 14.6 Å². The Balaban J connectivity index is 1.43. The third-order valence-corrected chi connectivity index (χ3v) is 5.23. The van der Waals surface area contributed by atoms with Crippen LogP contribution in [0.15, 0.2) is 48.5 Å². The molecule has 1 aliphatic heterocycles. The summed E-state index contributed by atoms with van der Waals surface area (Å²) in [7, 11) is 0. The van der Waals surface area contributed by atoms with Crippen molar-refractivity contribution in [1.82, 2.24) is 14.9 Å². The van der Waals surface area contributed by atoms with Gasteiger partial charge < -0.3 is 5.32 Å². The van der Waals surface area contributed by atoms with Crippen molar-refractivity contribution in [2.45, 2.75) is 38.8 Å². The van der Waals surface area contributed by atoms with Crippen LogP contribution in [0.3, 0.4) is 0 Å². The molecule has 0 saturated carbocycles. The number of likely N-dealkylation sites (tertiary alicyclic amines) is 1. The molecule has 1 aliphatic rings. The molecule has 0 unspecified atom stereocenters. The number of nitrogens with one attached hydrogen (secondary N) is 1. The van der Waals surface area contributed by atoms with Gasteiger partial charge in [0.15, 0.2) is 5.82 Å². The lowest BCUT2D eigenvalue weighted by molar-refractivity contribution is 0.141. The van der Waals surface area contributed by atoms with Gasteiger partial charge in [-0.15, -0.1) is 0 Å². The minimum absolute atomic E-state index is 0.220. The highest BCUT2D eigenvalue weighted by molar-refractivity contribution is 5.89. The standard InChI is InChI=1S/C22H24F2N4/c1-15-5-4-6-16(13-15)14-28-11-9-17(10-12-28)25-21-18-7-2-3-8-19(18)26-22(27-21)20(23)24/h2-8,13,17,20H,9-12,14H2,1H3,(H,25,26,27). The predicted octanol–water partition coefficient (Wildman–Crippen LogP) is 4.95. The van der Waals surface area contributed by atoms with Crippen LogP contribution in [-0.2, 0) is 6.54 Å². The fourth-order valence-corrected chi connectivity index (χ4v) is 3.80. The number of hydrogen-bond acceptors (Lipinski definition) is 4. The average molecular weight is 382 g/mol. The second-order valence-electron chi connectivity index (χ2n) is 7.43. The van der Waals surface area contributed by atoms with E-state index < -0.39 is 12.2 Å². The van der Waals surface area contributed by atoms with Gasteiger partial charge in [0.2, 0.25) is 0 Å². The van der Waals surface area contributed by atoms with Gasteiger partial charge in [-0.25, -0.2) is 18.7 Å². The van der Waals surface area contributed by atoms with Gasteiger partial charge >= 0.3 is 0 Å². The van der Waals surface area contributed by atoms with Gasteiger partial charge in [-0.2, -0.15) is 0 Å². The number of hydrogen-bond donors (Lipinski definition) is 1. The molecule has 0 bridgehead atoms. The molecule has 0 aliphatic carbocycles. The molecule has 1 saturated heterocycles. The minimum Gasteiger partial charge on any atom is -0.367 e. The zero-order valence-electron chi connectivity index (χ0n) is 15.9. The van der Waals surface area contributed by atoms with Crippen molar-refractivity contribution in [2.75, 3.05) is 18.4 Å². The van der Waals surface area contributed by atoms with E-state index in [2.05, 4.69) is 51.4 Å². The summed E-state index contributed by atoms with van der Waals surface area (Å²) < 4.78 is 26.4. The Morgan fingerprint density at radius 3 is 2.61 bits per heavy atom. The molecule has 4 nitrogen and oxygen atoms in total. The van der Waals surface area contributed by atoms with Crippen molar-refractivity contribution in [3.8, 4) is 0 Å². The zero-order chi connectivity index (χ0) is 19.5. The number of aryl methyl sites for hydroxylation is 1. The molecule has 2 heterocycles. The van der Waals surface area contributed by atoms with E-state index in [-0.39, 0.29) is 6.04 Å². The Morgan fingerprint density at radius 2 is 1.86 bits per heavy atom. The predicted molar refractivity (Wildman–Crippen MR) is 108 cm³/mol. The summed E-state index contributed by atoms with van der Waals surface area (Å²) in [4.78, 5) is 10.5. The molecule has 0 atom stereocenters. The number of benzene rings is 2. The van der Waals surface area contributed by atoms with Gasteiger partial charge in [-0.3, -0.25) is 4.90 Å². The minimum atomic E-state index is -2.68. The second-order valence-corrected chi connectivity index (χ2v) is 7.43. The lowest BCUT2D eigenvalue weighted by atomic mass is 10.0. The van der Waals surface area contributed by atoms with Crippen LogP contribution in [0.25, 0.3) is 10.9 Å². The normalized spacial score (nSPS) is 16.0. The Labute approximate surface area is 163 Å². The number of nitrogens with zero attached hydrogens (tertiary/aromatic N) is 3. The van der Waals surface area contributed by atoms with Crippen molar-refractivity contribution in [1.29, 1.82) is 0 Å². The maximum Gasteiger partial charge on any atom is 0.297 e. The Hall–Kier alpha value is -2.60. The fourth-order valence-electron chi connectivity index (χ4n) is 3.80. The van der Waals surface area contributed by atoms with Crippen LogP contribution in [-0.4, -0.2) is 34.0 Å². The van der Waals surface area contributed by atoms with Gasteiger partial charge in [0, 0.05) is 31.1 Å². The Kier molecular flexibility index (Phi) is 5.48. The number of aromatic nitrogens is 2. The van der Waals surface area contributed by atoms with Crippen molar-refractivity contribution >= 4 is 16.7 Å². The summed E-state index contributed by atoms with van der Waals surface area (Å²) in [5.41, 5.74) is 3.15. The van der Waals surface area contributed by atoms with E-state index in [1.165, 1.54) is 11.1 Å². The molecular weight excluding hydrogens is 358 g/mol. The fraction of sp³-hybridized carbons (Fsp3) is 0.364. The third kappa shape index (κ3) is 4.28. The number of para-hydroxylation sites is 1. The summed E-state index contributed by atoms with van der Waals surface area (Å²) in [5, 5.41) is 4.19. The van der Waals surface area contributed by atoms with Crippen LogP contribution in [0, 0.1) is 6.92 Å². The van der Waals surface area contributed by atoms with Crippen LogP contribution in [0.2, 0.25) is 0 Å². The molecule has 3 aromatic rings. The number of anilines is 1. The largest absolute Gasteiger partial charge is 0.367 e. The van der Waals surface area contributed by atoms with Crippen molar-refractivity contribution in [2.24, 2.45) is 0 Å². The van der Waals surface area contributed by atoms with E-state index in [1.807, 2.05) is 12.1 Å². The van der Waals surface area contributed by atoms with E-state index in [1.54, 1.807) is 12.1 Å². The monoisotopic (exact) mass is 382 g/mol. The summed E-state index contributed by atoms with van der Waals surface area (Å²) in [5.74, 6) is 0.0936. The number of halogens is 2. The maximum absolute atomic E-state index is 13.2. The van der Waals surface area contributed by atoms with E-state index in [4.69, 9.17) is 0 Å². The number of alkyl halides is 2. The van der Waals surface area contributed by atoms with Gasteiger partial charge in [-0.1, -0.05) is 42.0 Å². The van der Waals surface area contributed by atoms with Gasteiger partial charge in [0.05, 0.1) is 5.52 Å². The lowest BCUT2D eigenvalue weighted by Gasteiger charge is -2.33. The highest BCUT2D eigenvalue weighted by Gasteiger charge is 2.22. The average Bonchev–Trinajstić information content (AvgIpc) is 2.69. The quantitative estimate of drug-likeness (QED) is 0.678. The smallest absolute Gasteiger partial charge is 0.297 e. The Morgan fingerprint density at radius 1 is 1.07 bits per heavy atom. The van der Waals surface area contributed by atoms with Gasteiger partial charge in [0.1, 0.15) is 5.82 Å². The molecule has 4 rings (SSSR count). The number of rotatable bonds is 5. The molecule has 2 aromatic carbocycles. The highest BCUT2D eigenvalue weighted by atomic mass is 19.3. The lowest BCUT2D eigenvalue weighted by Crippen LogP contribution is -2.38. The first kappa shape index (κ1) is 18.7. The first-order chi connectivity index (χ1) is 13.6. The highest BCUT2D eigenvalue weighted by Crippen LogP contribution is 2.26. The summed E-state index contributed by atoms with van der Waals surface area (Å²) in [6.07, 6.45) is -0.774. The molecule has 0 spiro atoms. The van der Waals surface area contributed by atoms with Crippen molar-refractivity contribution < 1.29 is 8.78 Å². The van der Waals surface area contributed by atoms with Gasteiger partial charge in [0.25, 0.3) is 6.43 Å². The molecule has 146 valence electrons. The summed E-state index contributed by atoms with van der Waals surface area (Å²) in [6.45, 7) is 4.99. The van der Waals surface area contributed by atoms with E-state index in [9.17, 15) is 8.78 Å². The molecular formula is C22H24F2N4. The van der Waals surface area contributed by atoms with Crippen LogP contribution in [0.1, 0.15) is 36.2 Å². The van der Waals surface area contributed by atoms with Crippen LogP contribution in [0.5, 0.6) is 0 Å². The van der Waals surface area contributed by atoms with E-state index >= 15 is 0 Å². The first-order valence-corrected chi connectivity index (χ1v) is 9.68. The third-order valence-electron chi connectivity index (χ3n) is 5.23. The number of piperidine rings is 1. The van der Waals surface area contributed by atoms with Crippen molar-refractivity contribution in [3.05, 3.63) is 65.5 Å². The van der Waals surface area contributed by atoms with Crippen LogP contribution < -0.4 is 5.32 Å². The van der Waals surface area contributed by atoms with E-state index in [0.29, 0.717) is 11.3 Å². The molecule has 28 heavy (non-hydrogen) atoms. The zero-order valence-corrected chi connectivity index (χ0v) is 15.9. The molecule has 1 aromatic heterocycles. The van der Waals surface area contributed by atoms with Gasteiger partial charge in [-0.05, 0) is 37.5 Å². The molecule has 1 N–H and O–H groups in total. The van der Waals surface area contributed by atoms with Crippen molar-refractivity contribution in [3.63, 3.8) is 0 Å². The Bertz CT molecular complexity index is 952. The summed E-state index contributed by atoms with van der Waals surface area (Å²) >= 11 is 0. The SMILES string of the molecule is Cc1cccc(CN2CCC(Nc3nc(C(F)F)nc4ccccc34)CC2)c1. The molecule has 6 heteroatoms. The van der Waals surface area contributed by atoms with E-state index in [0.717, 1.165) is 37.9 Å². The first-order valence-electron chi connectivity index (χ1n) is 9.68. The summed E-state index contributed by atoms with van der Waals surface area (Å²) in [6, 6.07) is 16.1. The molecule has 0 radical (unpaired) electrons. The molecule has 1 fully saturated rings. The number of fused-ring (bicyclic) bond motifs is 1. The second kappa shape index (κ2) is 8.19. The molecule has 0 amide bonds.